The predicted octanol–water partition coefficient (Wildman–Crippen LogP) is 12.0. The zero-order valence-corrected chi connectivity index (χ0v) is 27.3. The molecule has 240 valence electrons. The molecule has 9 aromatic rings. The average Bonchev–Trinajstić information content (AvgIpc) is 3.58. The molecule has 0 unspecified atom stereocenters. The van der Waals surface area contributed by atoms with Gasteiger partial charge >= 0.3 is 0 Å². The zero-order chi connectivity index (χ0) is 33.7. The van der Waals surface area contributed by atoms with Crippen molar-refractivity contribution in [1.82, 2.24) is 15.0 Å². The van der Waals surface area contributed by atoms with Crippen molar-refractivity contribution in [3.8, 4) is 56.5 Å². The Hall–Kier alpha value is -7.05. The van der Waals surface area contributed by atoms with Crippen LogP contribution >= 0.6 is 0 Å². The molecule has 6 heteroatoms. The fourth-order valence-electron chi connectivity index (χ4n) is 6.93. The van der Waals surface area contributed by atoms with Gasteiger partial charge in [-0.15, -0.1) is 0 Å². The predicted molar refractivity (Wildman–Crippen MR) is 204 cm³/mol. The first-order chi connectivity index (χ1) is 25.2. The molecular formula is C45H28N4O2. The lowest BCUT2D eigenvalue weighted by Crippen LogP contribution is -2.15. The van der Waals surface area contributed by atoms with Crippen LogP contribution in [0.3, 0.4) is 0 Å². The molecule has 3 aromatic heterocycles. The highest BCUT2D eigenvalue weighted by Crippen LogP contribution is 2.51. The molecule has 4 heterocycles. The maximum absolute atomic E-state index is 6.36. The number of pyridine rings is 1. The molecule has 10 rings (SSSR count). The fourth-order valence-corrected chi connectivity index (χ4v) is 6.93. The average molecular weight is 657 g/mol. The minimum absolute atomic E-state index is 0.644. The Bertz CT molecular complexity index is 2700. The molecule has 0 bridgehead atoms. The monoisotopic (exact) mass is 656 g/mol. The van der Waals surface area contributed by atoms with E-state index in [1.807, 2.05) is 109 Å². The third kappa shape index (κ3) is 5.09. The lowest BCUT2D eigenvalue weighted by atomic mass is 9.98. The Balaban J connectivity index is 1.20. The van der Waals surface area contributed by atoms with Crippen molar-refractivity contribution in [1.29, 1.82) is 0 Å². The van der Waals surface area contributed by atoms with Crippen LogP contribution in [-0.4, -0.2) is 15.0 Å². The molecule has 0 saturated carbocycles. The van der Waals surface area contributed by atoms with Crippen LogP contribution < -0.4 is 9.64 Å². The minimum atomic E-state index is 0.644. The number of para-hydroxylation sites is 5. The quantitative estimate of drug-likeness (QED) is 0.184. The van der Waals surface area contributed by atoms with Crippen LogP contribution in [0.15, 0.2) is 175 Å². The number of rotatable bonds is 5. The van der Waals surface area contributed by atoms with Gasteiger partial charge in [-0.1, -0.05) is 78.9 Å². The maximum Gasteiger partial charge on any atom is 0.160 e. The zero-order valence-electron chi connectivity index (χ0n) is 27.3. The van der Waals surface area contributed by atoms with Gasteiger partial charge in [-0.05, 0) is 90.0 Å². The van der Waals surface area contributed by atoms with Gasteiger partial charge in [0.05, 0.1) is 22.8 Å². The van der Waals surface area contributed by atoms with E-state index in [-0.39, 0.29) is 0 Å². The van der Waals surface area contributed by atoms with E-state index in [1.54, 1.807) is 0 Å². The van der Waals surface area contributed by atoms with Crippen LogP contribution in [0.5, 0.6) is 11.5 Å². The van der Waals surface area contributed by atoms with E-state index < -0.39 is 0 Å². The van der Waals surface area contributed by atoms with Gasteiger partial charge in [0.15, 0.2) is 17.3 Å². The largest absolute Gasteiger partial charge is 0.456 e. The number of furan rings is 1. The summed E-state index contributed by atoms with van der Waals surface area (Å²) in [5, 5.41) is 2.17. The van der Waals surface area contributed by atoms with Crippen molar-refractivity contribution in [3.63, 3.8) is 0 Å². The second-order valence-corrected chi connectivity index (χ2v) is 12.5. The van der Waals surface area contributed by atoms with E-state index in [1.165, 1.54) is 0 Å². The van der Waals surface area contributed by atoms with Crippen LogP contribution in [0.4, 0.5) is 17.1 Å². The molecule has 0 saturated heterocycles. The second-order valence-electron chi connectivity index (χ2n) is 12.5. The topological polar surface area (TPSA) is 64.3 Å². The van der Waals surface area contributed by atoms with Gasteiger partial charge in [0.2, 0.25) is 0 Å². The number of nitrogens with zero attached hydrogens (tertiary/aromatic N) is 4. The highest BCUT2D eigenvalue weighted by molar-refractivity contribution is 6.05. The van der Waals surface area contributed by atoms with E-state index >= 15 is 0 Å². The number of ether oxygens (including phenoxy) is 1. The van der Waals surface area contributed by atoms with Crippen LogP contribution in [0, 0.1) is 0 Å². The Morgan fingerprint density at radius 3 is 1.86 bits per heavy atom. The number of hydrogen-bond acceptors (Lipinski definition) is 6. The summed E-state index contributed by atoms with van der Waals surface area (Å²) in [6.45, 7) is 0. The molecule has 6 nitrogen and oxygen atoms in total. The minimum Gasteiger partial charge on any atom is -0.456 e. The molecule has 0 radical (unpaired) electrons. The van der Waals surface area contributed by atoms with Crippen LogP contribution in [0.2, 0.25) is 0 Å². The maximum atomic E-state index is 6.36. The van der Waals surface area contributed by atoms with Gasteiger partial charge in [-0.3, -0.25) is 4.98 Å². The van der Waals surface area contributed by atoms with E-state index in [9.17, 15) is 0 Å². The molecule has 0 fully saturated rings. The van der Waals surface area contributed by atoms with Crippen molar-refractivity contribution in [2.45, 2.75) is 0 Å². The summed E-state index contributed by atoms with van der Waals surface area (Å²) in [6.07, 6.45) is 3.65. The van der Waals surface area contributed by atoms with Gasteiger partial charge in [0.25, 0.3) is 0 Å². The van der Waals surface area contributed by atoms with Crippen molar-refractivity contribution in [2.75, 3.05) is 4.90 Å². The van der Waals surface area contributed by atoms with Gasteiger partial charge in [-0.2, -0.15) is 0 Å². The van der Waals surface area contributed by atoms with Gasteiger partial charge in [-0.25, -0.2) is 9.97 Å². The summed E-state index contributed by atoms with van der Waals surface area (Å²) in [5.41, 5.74) is 11.1. The number of aromatic nitrogens is 3. The normalized spacial score (nSPS) is 12.0. The highest BCUT2D eigenvalue weighted by Gasteiger charge is 2.26. The van der Waals surface area contributed by atoms with Gasteiger partial charge in [0.1, 0.15) is 11.2 Å². The third-order valence-corrected chi connectivity index (χ3v) is 9.35. The first-order valence-corrected chi connectivity index (χ1v) is 16.8. The lowest BCUT2D eigenvalue weighted by Gasteiger charge is -2.33. The molecule has 1 aliphatic heterocycles. The molecule has 1 aliphatic rings. The molecule has 0 N–H and O–H groups in total. The Kier molecular flexibility index (Phi) is 6.70. The van der Waals surface area contributed by atoms with Crippen LogP contribution in [0.1, 0.15) is 0 Å². The molecule has 51 heavy (non-hydrogen) atoms. The second kappa shape index (κ2) is 11.8. The fraction of sp³-hybridized carbons (Fsp3) is 0. The molecule has 0 atom stereocenters. The smallest absolute Gasteiger partial charge is 0.160 e. The van der Waals surface area contributed by atoms with Crippen molar-refractivity contribution in [2.24, 2.45) is 0 Å². The standard InChI is InChI=1S/C45H28N4O2/c1-2-10-30(11-3-1)45-47-37(31-18-19-36-35-12-4-7-15-41(35)50-44(36)27-31)28-38(48-45)33-24-32(29-20-22-46-23-21-29)25-34(26-33)49-39-13-5-8-16-42(39)51-43-17-9-6-14-40(43)49/h1-28H. The first-order valence-electron chi connectivity index (χ1n) is 16.8. The number of benzene rings is 6. The third-order valence-electron chi connectivity index (χ3n) is 9.35. The summed E-state index contributed by atoms with van der Waals surface area (Å²) >= 11 is 0. The van der Waals surface area contributed by atoms with E-state index in [0.717, 1.165) is 89.7 Å². The van der Waals surface area contributed by atoms with Crippen LogP contribution in [-0.2, 0) is 0 Å². The highest BCUT2D eigenvalue weighted by atomic mass is 16.5. The van der Waals surface area contributed by atoms with Crippen molar-refractivity contribution >= 4 is 39.0 Å². The molecule has 0 aliphatic carbocycles. The Morgan fingerprint density at radius 2 is 1.08 bits per heavy atom. The molecule has 6 aromatic carbocycles. The van der Waals surface area contributed by atoms with E-state index in [0.29, 0.717) is 5.82 Å². The SMILES string of the molecule is c1ccc(-c2nc(-c3cc(-c4ccncc4)cc(N4c5ccccc5Oc5ccccc54)c3)cc(-c3ccc4c(c3)oc3ccccc34)n2)cc1. The van der Waals surface area contributed by atoms with Crippen molar-refractivity contribution in [3.05, 3.63) is 170 Å². The Labute approximate surface area is 293 Å². The molecular weight excluding hydrogens is 629 g/mol. The number of fused-ring (bicyclic) bond motifs is 5. The van der Waals surface area contributed by atoms with Gasteiger partial charge in [0, 0.05) is 45.5 Å². The van der Waals surface area contributed by atoms with E-state index in [4.69, 9.17) is 19.1 Å². The molecule has 0 amide bonds. The van der Waals surface area contributed by atoms with Crippen molar-refractivity contribution < 1.29 is 9.15 Å². The summed E-state index contributed by atoms with van der Waals surface area (Å²) in [7, 11) is 0. The number of hydrogen-bond donors (Lipinski definition) is 0. The van der Waals surface area contributed by atoms with E-state index in [2.05, 4.69) is 70.5 Å². The summed E-state index contributed by atoms with van der Waals surface area (Å²) < 4.78 is 12.6. The summed E-state index contributed by atoms with van der Waals surface area (Å²) in [6, 6.07) is 53.6. The number of anilines is 3. The Morgan fingerprint density at radius 1 is 0.431 bits per heavy atom. The molecule has 0 spiro atoms. The summed E-state index contributed by atoms with van der Waals surface area (Å²) in [5.74, 6) is 2.23. The van der Waals surface area contributed by atoms with Gasteiger partial charge < -0.3 is 14.1 Å². The summed E-state index contributed by atoms with van der Waals surface area (Å²) in [4.78, 5) is 16.9. The van der Waals surface area contributed by atoms with Crippen LogP contribution in [0.25, 0.3) is 67.0 Å². The first kappa shape index (κ1) is 28.9. The lowest BCUT2D eigenvalue weighted by molar-refractivity contribution is 0.477.